The molecule has 1 aliphatic rings. The second kappa shape index (κ2) is 13.2. The molecule has 0 saturated heterocycles. The third-order valence-electron chi connectivity index (χ3n) is 6.72. The molecule has 0 bridgehead atoms. The number of carboxylic acids is 1. The van der Waals surface area contributed by atoms with Crippen molar-refractivity contribution in [1.29, 1.82) is 5.26 Å². The third kappa shape index (κ3) is 7.68. The molecule has 1 amide bonds. The molecule has 1 saturated carbocycles. The van der Waals surface area contributed by atoms with E-state index >= 15 is 0 Å². The highest BCUT2D eigenvalue weighted by atomic mass is 16.5. The highest BCUT2D eigenvalue weighted by molar-refractivity contribution is 5.96. The monoisotopic (exact) mass is 526 g/mol. The first-order valence-electron chi connectivity index (χ1n) is 13.0. The summed E-state index contributed by atoms with van der Waals surface area (Å²) < 4.78 is 11.7. The van der Waals surface area contributed by atoms with E-state index in [9.17, 15) is 19.6 Å². The van der Waals surface area contributed by atoms with Crippen molar-refractivity contribution in [2.75, 3.05) is 6.54 Å². The van der Waals surface area contributed by atoms with Crippen LogP contribution < -0.4 is 14.8 Å². The van der Waals surface area contributed by atoms with Crippen molar-refractivity contribution < 1.29 is 29.0 Å². The predicted molar refractivity (Wildman–Crippen MR) is 144 cm³/mol. The van der Waals surface area contributed by atoms with Crippen LogP contribution in [0.15, 0.2) is 72.8 Å². The van der Waals surface area contributed by atoms with Crippen molar-refractivity contribution >= 4 is 17.7 Å². The summed E-state index contributed by atoms with van der Waals surface area (Å²) in [5.74, 6) is 0.349. The van der Waals surface area contributed by atoms with Crippen LogP contribution in [0.2, 0.25) is 0 Å². The number of para-hydroxylation sites is 1. The SMILES string of the molecule is N#Cc1ccccc1Oc1ccc(C(=O)NCCCC(=O)c2ccc(OC3CCC(C(=O)O)CC3)cc2)cc1. The Labute approximate surface area is 227 Å². The van der Waals surface area contributed by atoms with Crippen molar-refractivity contribution in [3.8, 4) is 23.3 Å². The number of amides is 1. The van der Waals surface area contributed by atoms with E-state index in [2.05, 4.69) is 11.4 Å². The predicted octanol–water partition coefficient (Wildman–Crippen LogP) is 5.77. The number of hydrogen-bond donors (Lipinski definition) is 2. The van der Waals surface area contributed by atoms with E-state index < -0.39 is 5.97 Å². The number of ether oxygens (including phenoxy) is 2. The molecular formula is C31H30N2O6. The van der Waals surface area contributed by atoms with Crippen LogP contribution in [-0.2, 0) is 4.79 Å². The van der Waals surface area contributed by atoms with Gasteiger partial charge >= 0.3 is 5.97 Å². The van der Waals surface area contributed by atoms with Gasteiger partial charge in [-0.05, 0) is 92.8 Å². The third-order valence-corrected chi connectivity index (χ3v) is 6.72. The van der Waals surface area contributed by atoms with Crippen molar-refractivity contribution in [2.24, 2.45) is 5.92 Å². The Hall–Kier alpha value is -4.64. The Kier molecular flexibility index (Phi) is 9.30. The smallest absolute Gasteiger partial charge is 0.306 e. The van der Waals surface area contributed by atoms with Crippen LogP contribution in [0.5, 0.6) is 17.2 Å². The van der Waals surface area contributed by atoms with Gasteiger partial charge in [-0.25, -0.2) is 0 Å². The van der Waals surface area contributed by atoms with Gasteiger partial charge in [0, 0.05) is 24.1 Å². The molecule has 1 fully saturated rings. The molecule has 8 heteroatoms. The lowest BCUT2D eigenvalue weighted by atomic mass is 9.87. The molecule has 0 radical (unpaired) electrons. The summed E-state index contributed by atoms with van der Waals surface area (Å²) in [4.78, 5) is 36.1. The summed E-state index contributed by atoms with van der Waals surface area (Å²) in [6.45, 7) is 0.360. The standard InChI is InChI=1S/C31H30N2O6/c32-20-24-4-1-2-6-29(24)39-27-15-9-22(10-16-27)30(35)33-19-3-5-28(34)21-7-13-25(14-8-21)38-26-17-11-23(12-18-26)31(36)37/h1-2,4,6-10,13-16,23,26H,3,5,11-12,17-19H2,(H,33,35)(H,36,37). The fraction of sp³-hybridized carbons (Fsp3) is 0.290. The number of aliphatic carboxylic acids is 1. The zero-order chi connectivity index (χ0) is 27.6. The minimum Gasteiger partial charge on any atom is -0.490 e. The molecule has 0 spiro atoms. The Morgan fingerprint density at radius 2 is 1.51 bits per heavy atom. The number of nitrogens with zero attached hydrogens (tertiary/aromatic N) is 1. The minimum atomic E-state index is -0.740. The second-order valence-corrected chi connectivity index (χ2v) is 9.47. The number of ketones is 1. The van der Waals surface area contributed by atoms with Crippen molar-refractivity contribution in [3.05, 3.63) is 89.5 Å². The molecule has 2 N–H and O–H groups in total. The molecule has 0 heterocycles. The lowest BCUT2D eigenvalue weighted by Crippen LogP contribution is -2.27. The number of Topliss-reactive ketones (excluding diaryl/α,β-unsaturated/α-hetero) is 1. The largest absolute Gasteiger partial charge is 0.490 e. The van der Waals surface area contributed by atoms with Gasteiger partial charge in [-0.3, -0.25) is 14.4 Å². The number of hydrogen-bond acceptors (Lipinski definition) is 6. The first-order chi connectivity index (χ1) is 18.9. The summed E-state index contributed by atoms with van der Waals surface area (Å²) in [5, 5.41) is 21.1. The first kappa shape index (κ1) is 27.4. The molecule has 0 atom stereocenters. The molecule has 0 unspecified atom stereocenters. The summed E-state index contributed by atoms with van der Waals surface area (Å²) in [6.07, 6.45) is 3.44. The molecule has 3 aromatic rings. The van der Waals surface area contributed by atoms with Gasteiger partial charge in [-0.15, -0.1) is 0 Å². The number of carboxylic acid groups (broad SMARTS) is 1. The van der Waals surface area contributed by atoms with Gasteiger partial charge in [-0.1, -0.05) is 12.1 Å². The van der Waals surface area contributed by atoms with Crippen molar-refractivity contribution in [1.82, 2.24) is 5.32 Å². The van der Waals surface area contributed by atoms with Gasteiger partial charge in [0.1, 0.15) is 23.3 Å². The summed E-state index contributed by atoms with van der Waals surface area (Å²) in [7, 11) is 0. The molecule has 3 aromatic carbocycles. The van der Waals surface area contributed by atoms with Gasteiger partial charge in [0.2, 0.25) is 0 Å². The molecule has 4 rings (SSSR count). The number of rotatable bonds is 11. The van der Waals surface area contributed by atoms with E-state index in [1.54, 1.807) is 72.8 Å². The Balaban J connectivity index is 1.17. The zero-order valence-corrected chi connectivity index (χ0v) is 21.5. The maximum absolute atomic E-state index is 12.6. The lowest BCUT2D eigenvalue weighted by molar-refractivity contribution is -0.143. The molecule has 0 aromatic heterocycles. The van der Waals surface area contributed by atoms with Crippen LogP contribution in [-0.4, -0.2) is 35.4 Å². The van der Waals surface area contributed by atoms with Gasteiger partial charge < -0.3 is 19.9 Å². The zero-order valence-electron chi connectivity index (χ0n) is 21.5. The van der Waals surface area contributed by atoms with E-state index in [-0.39, 0.29) is 23.7 Å². The number of nitrogens with one attached hydrogen (secondary N) is 1. The number of carbonyl (C=O) groups excluding carboxylic acids is 2. The number of carbonyl (C=O) groups is 3. The van der Waals surface area contributed by atoms with Crippen LogP contribution in [0.1, 0.15) is 64.8 Å². The van der Waals surface area contributed by atoms with E-state index in [1.165, 1.54) is 0 Å². The van der Waals surface area contributed by atoms with Crippen molar-refractivity contribution in [3.63, 3.8) is 0 Å². The Bertz CT molecular complexity index is 1340. The van der Waals surface area contributed by atoms with Crippen LogP contribution in [0.25, 0.3) is 0 Å². The first-order valence-corrected chi connectivity index (χ1v) is 13.0. The maximum Gasteiger partial charge on any atom is 0.306 e. The minimum absolute atomic E-state index is 0.00484. The number of nitriles is 1. The fourth-order valence-electron chi connectivity index (χ4n) is 4.49. The van der Waals surface area contributed by atoms with E-state index in [1.807, 2.05) is 0 Å². The quantitative estimate of drug-likeness (QED) is 0.240. The summed E-state index contributed by atoms with van der Waals surface area (Å²) >= 11 is 0. The highest BCUT2D eigenvalue weighted by Gasteiger charge is 2.26. The summed E-state index contributed by atoms with van der Waals surface area (Å²) in [5.41, 5.74) is 1.47. The van der Waals surface area contributed by atoms with Crippen LogP contribution >= 0.6 is 0 Å². The van der Waals surface area contributed by atoms with Gasteiger partial charge in [0.05, 0.1) is 17.6 Å². The number of benzene rings is 3. The van der Waals surface area contributed by atoms with Gasteiger partial charge in [-0.2, -0.15) is 5.26 Å². The summed E-state index contributed by atoms with van der Waals surface area (Å²) in [6, 6.07) is 22.6. The average Bonchev–Trinajstić information content (AvgIpc) is 2.96. The average molecular weight is 527 g/mol. The molecule has 200 valence electrons. The Morgan fingerprint density at radius 1 is 0.872 bits per heavy atom. The van der Waals surface area contributed by atoms with Crippen molar-refractivity contribution in [2.45, 2.75) is 44.6 Å². The van der Waals surface area contributed by atoms with Crippen LogP contribution in [0.4, 0.5) is 0 Å². The van der Waals surface area contributed by atoms with E-state index in [4.69, 9.17) is 14.6 Å². The topological polar surface area (TPSA) is 126 Å². The molecule has 0 aliphatic heterocycles. The lowest BCUT2D eigenvalue weighted by Gasteiger charge is -2.26. The highest BCUT2D eigenvalue weighted by Crippen LogP contribution is 2.28. The fourth-order valence-corrected chi connectivity index (χ4v) is 4.49. The van der Waals surface area contributed by atoms with E-state index in [0.717, 1.165) is 0 Å². The molecule has 39 heavy (non-hydrogen) atoms. The van der Waals surface area contributed by atoms with Crippen LogP contribution in [0, 0.1) is 17.2 Å². The molecule has 8 nitrogen and oxygen atoms in total. The second-order valence-electron chi connectivity index (χ2n) is 9.47. The molecular weight excluding hydrogens is 496 g/mol. The normalized spacial score (nSPS) is 16.5. The Morgan fingerprint density at radius 3 is 2.18 bits per heavy atom. The van der Waals surface area contributed by atoms with Crippen LogP contribution in [0.3, 0.4) is 0 Å². The van der Waals surface area contributed by atoms with Gasteiger partial charge in [0.15, 0.2) is 5.78 Å². The van der Waals surface area contributed by atoms with E-state index in [0.29, 0.717) is 79.0 Å². The maximum atomic E-state index is 12.6. The molecule has 1 aliphatic carbocycles. The van der Waals surface area contributed by atoms with Gasteiger partial charge in [0.25, 0.3) is 5.91 Å².